The van der Waals surface area contributed by atoms with Crippen LogP contribution in [-0.4, -0.2) is 29.2 Å². The van der Waals surface area contributed by atoms with E-state index in [1.165, 1.54) is 25.3 Å². The Morgan fingerprint density at radius 2 is 1.88 bits per heavy atom. The van der Waals surface area contributed by atoms with Crippen molar-refractivity contribution in [3.05, 3.63) is 40.1 Å². The van der Waals surface area contributed by atoms with Gasteiger partial charge < -0.3 is 4.74 Å². The molecule has 0 aliphatic rings. The van der Waals surface area contributed by atoms with Gasteiger partial charge in [-0.2, -0.15) is 18.2 Å². The topological polar surface area (TPSA) is 43.6 Å². The minimum absolute atomic E-state index is 0.0325. The van der Waals surface area contributed by atoms with Gasteiger partial charge in [-0.15, -0.1) is 24.5 Å². The van der Waals surface area contributed by atoms with Gasteiger partial charge in [0.25, 0.3) is 12.1 Å². The number of rotatable bonds is 3. The largest absolute Gasteiger partial charge is 0.573 e. The standard InChI is InChI=1S/C14H9F7N2O2S/c1-7-6-23(8-3-2-4-9(5-8)25-14(19,20)21)12(26-7)22-11(24)10(15)13(16,17)18/h2-6,10H,1H3. The van der Waals surface area contributed by atoms with E-state index in [1.54, 1.807) is 0 Å². The predicted octanol–water partition coefficient (Wildman–Crippen LogP) is 4.07. The number of benzene rings is 1. The van der Waals surface area contributed by atoms with E-state index in [-0.39, 0.29) is 10.5 Å². The molecule has 26 heavy (non-hydrogen) atoms. The van der Waals surface area contributed by atoms with Gasteiger partial charge in [0, 0.05) is 17.1 Å². The number of aryl methyl sites for hydroxylation is 1. The number of carbonyl (C=O) groups is 1. The van der Waals surface area contributed by atoms with Gasteiger partial charge in [0.2, 0.25) is 0 Å². The van der Waals surface area contributed by atoms with Crippen molar-refractivity contribution in [3.8, 4) is 11.4 Å². The maximum Gasteiger partial charge on any atom is 0.573 e. The molecule has 1 unspecified atom stereocenters. The summed E-state index contributed by atoms with van der Waals surface area (Å²) >= 11 is 0.763. The van der Waals surface area contributed by atoms with E-state index < -0.39 is 30.4 Å². The van der Waals surface area contributed by atoms with Crippen LogP contribution in [0.5, 0.6) is 5.75 Å². The maximum absolute atomic E-state index is 13.1. The summed E-state index contributed by atoms with van der Waals surface area (Å²) < 4.78 is 91.5. The molecule has 2 aromatic rings. The van der Waals surface area contributed by atoms with Crippen LogP contribution in [-0.2, 0) is 4.79 Å². The zero-order valence-electron chi connectivity index (χ0n) is 12.7. The van der Waals surface area contributed by atoms with E-state index in [2.05, 4.69) is 9.73 Å². The van der Waals surface area contributed by atoms with Crippen molar-refractivity contribution < 1.29 is 40.3 Å². The Kier molecular flexibility index (Phi) is 5.44. The molecule has 0 aliphatic heterocycles. The summed E-state index contributed by atoms with van der Waals surface area (Å²) in [6.07, 6.45) is -12.8. The first kappa shape index (κ1) is 19.9. The first-order chi connectivity index (χ1) is 11.9. The molecule has 0 radical (unpaired) electrons. The fourth-order valence-electron chi connectivity index (χ4n) is 1.84. The third kappa shape index (κ3) is 5.07. The van der Waals surface area contributed by atoms with Gasteiger partial charge in [-0.05, 0) is 19.1 Å². The predicted molar refractivity (Wildman–Crippen MR) is 76.6 cm³/mol. The van der Waals surface area contributed by atoms with Gasteiger partial charge in [0.05, 0.1) is 5.69 Å². The zero-order chi connectivity index (χ0) is 19.7. The van der Waals surface area contributed by atoms with Crippen LogP contribution in [0, 0.1) is 6.92 Å². The molecule has 0 spiro atoms. The van der Waals surface area contributed by atoms with Crippen LogP contribution in [0.4, 0.5) is 30.7 Å². The first-order valence-corrected chi connectivity index (χ1v) is 7.53. The molecule has 0 saturated heterocycles. The number of thiazole rings is 1. The monoisotopic (exact) mass is 402 g/mol. The van der Waals surface area contributed by atoms with Crippen LogP contribution in [0.15, 0.2) is 35.5 Å². The van der Waals surface area contributed by atoms with Crippen LogP contribution >= 0.6 is 11.3 Å². The highest BCUT2D eigenvalue weighted by Gasteiger charge is 2.45. The van der Waals surface area contributed by atoms with Crippen molar-refractivity contribution in [1.82, 2.24) is 4.57 Å². The molecule has 1 amide bonds. The minimum atomic E-state index is -5.40. The lowest BCUT2D eigenvalue weighted by Gasteiger charge is -2.10. The highest BCUT2D eigenvalue weighted by molar-refractivity contribution is 7.09. The van der Waals surface area contributed by atoms with E-state index in [0.717, 1.165) is 28.0 Å². The summed E-state index contributed by atoms with van der Waals surface area (Å²) in [7, 11) is 0. The molecule has 0 saturated carbocycles. The third-order valence-corrected chi connectivity index (χ3v) is 3.71. The Hall–Kier alpha value is -2.37. The zero-order valence-corrected chi connectivity index (χ0v) is 13.5. The van der Waals surface area contributed by atoms with Crippen molar-refractivity contribution in [2.45, 2.75) is 25.6 Å². The Morgan fingerprint density at radius 1 is 1.23 bits per heavy atom. The molecule has 1 aromatic heterocycles. The van der Waals surface area contributed by atoms with Crippen molar-refractivity contribution in [2.75, 3.05) is 0 Å². The number of alkyl halides is 7. The number of amides is 1. The van der Waals surface area contributed by atoms with Gasteiger partial charge in [0.1, 0.15) is 5.75 Å². The van der Waals surface area contributed by atoms with Crippen LogP contribution < -0.4 is 9.54 Å². The summed E-state index contributed by atoms with van der Waals surface area (Å²) in [5.74, 6) is -2.64. The van der Waals surface area contributed by atoms with Gasteiger partial charge in [0.15, 0.2) is 4.80 Å². The Bertz CT molecular complexity index is 867. The van der Waals surface area contributed by atoms with Gasteiger partial charge >= 0.3 is 12.5 Å². The lowest BCUT2D eigenvalue weighted by atomic mass is 10.3. The fraction of sp³-hybridized carbons (Fsp3) is 0.286. The molecule has 1 aromatic carbocycles. The SMILES string of the molecule is Cc1cn(-c2cccc(OC(F)(F)F)c2)c(=NC(=O)C(F)C(F)(F)F)s1. The Labute approximate surface area is 145 Å². The summed E-state index contributed by atoms with van der Waals surface area (Å²) in [5, 5.41) is 0. The van der Waals surface area contributed by atoms with Crippen LogP contribution in [0.1, 0.15) is 4.88 Å². The first-order valence-electron chi connectivity index (χ1n) is 6.71. The molecule has 0 fully saturated rings. The summed E-state index contributed by atoms with van der Waals surface area (Å²) in [6.45, 7) is 1.53. The molecule has 142 valence electrons. The molecule has 1 heterocycles. The van der Waals surface area contributed by atoms with Crippen molar-refractivity contribution in [1.29, 1.82) is 0 Å². The van der Waals surface area contributed by atoms with E-state index in [9.17, 15) is 35.5 Å². The van der Waals surface area contributed by atoms with Gasteiger partial charge in [-0.25, -0.2) is 4.39 Å². The van der Waals surface area contributed by atoms with E-state index in [1.807, 2.05) is 0 Å². The summed E-state index contributed by atoms with van der Waals surface area (Å²) in [6, 6.07) is 4.48. The van der Waals surface area contributed by atoms with E-state index in [0.29, 0.717) is 4.88 Å². The second-order valence-corrected chi connectivity index (χ2v) is 6.11. The third-order valence-electron chi connectivity index (χ3n) is 2.81. The van der Waals surface area contributed by atoms with Crippen molar-refractivity contribution in [2.24, 2.45) is 4.99 Å². The highest BCUT2D eigenvalue weighted by atomic mass is 32.1. The smallest absolute Gasteiger partial charge is 0.406 e. The second-order valence-electron chi connectivity index (χ2n) is 4.89. The molecule has 0 N–H and O–H groups in total. The van der Waals surface area contributed by atoms with Crippen LogP contribution in [0.25, 0.3) is 5.69 Å². The number of nitrogens with zero attached hydrogens (tertiary/aromatic N) is 2. The van der Waals surface area contributed by atoms with Crippen molar-refractivity contribution in [3.63, 3.8) is 0 Å². The fourth-order valence-corrected chi connectivity index (χ4v) is 2.68. The average Bonchev–Trinajstić information content (AvgIpc) is 2.84. The Balaban J connectivity index is 2.46. The highest BCUT2D eigenvalue weighted by Crippen LogP contribution is 2.25. The maximum atomic E-state index is 13.1. The van der Waals surface area contributed by atoms with Crippen LogP contribution in [0.2, 0.25) is 0 Å². The number of hydrogen-bond acceptors (Lipinski definition) is 3. The number of ether oxygens (including phenoxy) is 1. The van der Waals surface area contributed by atoms with Gasteiger partial charge in [-0.1, -0.05) is 6.07 Å². The number of aromatic nitrogens is 1. The number of halogens is 7. The molecule has 0 bridgehead atoms. The molecule has 1 atom stereocenters. The quantitative estimate of drug-likeness (QED) is 0.727. The molecular weight excluding hydrogens is 393 g/mol. The lowest BCUT2D eigenvalue weighted by molar-refractivity contribution is -0.274. The molecule has 0 aliphatic carbocycles. The number of hydrogen-bond donors (Lipinski definition) is 0. The van der Waals surface area contributed by atoms with Crippen LogP contribution in [0.3, 0.4) is 0 Å². The summed E-state index contributed by atoms with van der Waals surface area (Å²) in [5.41, 5.74) is 0.0325. The normalized spacial score (nSPS) is 14.4. The Morgan fingerprint density at radius 3 is 2.46 bits per heavy atom. The molecular formula is C14H9F7N2O2S. The van der Waals surface area contributed by atoms with Crippen molar-refractivity contribution >= 4 is 17.2 Å². The summed E-state index contributed by atoms with van der Waals surface area (Å²) in [4.78, 5) is 14.6. The number of carbonyl (C=O) groups excluding carboxylic acids is 1. The lowest BCUT2D eigenvalue weighted by Crippen LogP contribution is -2.33. The molecule has 12 heteroatoms. The van der Waals surface area contributed by atoms with E-state index in [4.69, 9.17) is 0 Å². The van der Waals surface area contributed by atoms with Gasteiger partial charge in [-0.3, -0.25) is 9.36 Å². The average molecular weight is 402 g/mol. The molecule has 4 nitrogen and oxygen atoms in total. The van der Waals surface area contributed by atoms with E-state index >= 15 is 0 Å². The second kappa shape index (κ2) is 7.09. The molecule has 2 rings (SSSR count). The minimum Gasteiger partial charge on any atom is -0.406 e.